The van der Waals surface area contributed by atoms with Crippen LogP contribution in [0, 0.1) is 0 Å². The highest BCUT2D eigenvalue weighted by Gasteiger charge is 1.91. The monoisotopic (exact) mass is 134 g/mol. The van der Waals surface area contributed by atoms with E-state index in [0.717, 1.165) is 0 Å². The first kappa shape index (κ1) is 8.15. The first-order chi connectivity index (χ1) is 4.16. The molecule has 0 fully saturated rings. The third-order valence-corrected chi connectivity index (χ3v) is 0.543. The van der Waals surface area contributed by atoms with Gasteiger partial charge >= 0.3 is 0 Å². The van der Waals surface area contributed by atoms with Crippen molar-refractivity contribution >= 4 is 5.96 Å². The van der Waals surface area contributed by atoms with E-state index in [1.54, 1.807) is 6.92 Å². The normalized spacial score (nSPS) is 12.2. The van der Waals surface area contributed by atoms with E-state index in [2.05, 4.69) is 4.99 Å². The van der Waals surface area contributed by atoms with Crippen molar-refractivity contribution in [3.63, 3.8) is 0 Å². The number of hydrogen-bond donors (Lipinski definition) is 4. The third-order valence-electron chi connectivity index (χ3n) is 0.543. The van der Waals surface area contributed by atoms with Gasteiger partial charge in [-0.1, -0.05) is 0 Å². The van der Waals surface area contributed by atoms with E-state index in [9.17, 15) is 0 Å². The van der Waals surface area contributed by atoms with Crippen LogP contribution in [-0.4, -0.2) is 28.3 Å². The fourth-order valence-corrected chi connectivity index (χ4v) is 0.308. The molecule has 6 nitrogen and oxygen atoms in total. The molecule has 0 spiro atoms. The van der Waals surface area contributed by atoms with Crippen LogP contribution in [0.2, 0.25) is 0 Å². The Bertz CT molecular complexity index is 102. The summed E-state index contributed by atoms with van der Waals surface area (Å²) in [5, 5.41) is 15.9. The van der Waals surface area contributed by atoms with Crippen molar-refractivity contribution in [3.05, 3.63) is 0 Å². The second kappa shape index (κ2) is 4.07. The van der Waals surface area contributed by atoms with E-state index in [1.165, 1.54) is 0 Å². The van der Waals surface area contributed by atoms with Crippen molar-refractivity contribution < 1.29 is 10.4 Å². The summed E-state index contributed by atoms with van der Waals surface area (Å²) in [6.45, 7) is 2.26. The fourth-order valence-electron chi connectivity index (χ4n) is 0.308. The van der Waals surface area contributed by atoms with E-state index in [0.29, 0.717) is 6.54 Å². The number of aliphatic imine (C=N–C) groups is 1. The van der Waals surface area contributed by atoms with Crippen molar-refractivity contribution in [3.8, 4) is 0 Å². The molecule has 0 aromatic heterocycles. The Morgan fingerprint density at radius 2 is 2.33 bits per heavy atom. The van der Waals surface area contributed by atoms with Gasteiger partial charge in [-0.3, -0.25) is 15.4 Å². The highest BCUT2D eigenvalue weighted by molar-refractivity contribution is 5.76. The van der Waals surface area contributed by atoms with Crippen LogP contribution in [0.5, 0.6) is 0 Å². The van der Waals surface area contributed by atoms with Gasteiger partial charge in [0.2, 0.25) is 5.96 Å². The standard InChI is InChI=1S/C3H10N4O2/c1-2-5-3(4)6-7(8)9/h8-9H,2H2,1H3,(H3,4,5,6). The molecule has 0 amide bonds. The predicted octanol–water partition coefficient (Wildman–Crippen LogP) is -1.09. The molecule has 0 saturated heterocycles. The summed E-state index contributed by atoms with van der Waals surface area (Å²) in [5.74, 6) is -0.0394. The molecule has 54 valence electrons. The number of rotatable bonds is 2. The van der Waals surface area contributed by atoms with Crippen LogP contribution in [0.1, 0.15) is 6.92 Å². The molecule has 0 heterocycles. The molecule has 0 rings (SSSR count). The lowest BCUT2D eigenvalue weighted by molar-refractivity contribution is -0.329. The van der Waals surface area contributed by atoms with Gasteiger partial charge in [0.1, 0.15) is 0 Å². The Kier molecular flexibility index (Phi) is 3.69. The molecule has 0 aromatic carbocycles. The molecule has 9 heavy (non-hydrogen) atoms. The number of hydrogen-bond acceptors (Lipinski definition) is 4. The van der Waals surface area contributed by atoms with E-state index < -0.39 is 0 Å². The van der Waals surface area contributed by atoms with Crippen LogP contribution in [0.25, 0.3) is 0 Å². The number of nitrogens with two attached hydrogens (primary N) is 1. The maximum atomic E-state index is 8.07. The Hall–Kier alpha value is -0.850. The second-order valence-electron chi connectivity index (χ2n) is 1.26. The number of nitrogens with one attached hydrogen (secondary N) is 1. The molecule has 0 radical (unpaired) electrons. The van der Waals surface area contributed by atoms with Crippen molar-refractivity contribution in [2.75, 3.05) is 6.54 Å². The van der Waals surface area contributed by atoms with Crippen LogP contribution in [-0.2, 0) is 0 Å². The summed E-state index contributed by atoms with van der Waals surface area (Å²) in [6, 6.07) is 0. The lowest BCUT2D eigenvalue weighted by Crippen LogP contribution is -2.42. The van der Waals surface area contributed by atoms with Gasteiger partial charge < -0.3 is 5.73 Å². The van der Waals surface area contributed by atoms with Crippen LogP contribution in [0.15, 0.2) is 4.99 Å². The van der Waals surface area contributed by atoms with Gasteiger partial charge in [-0.25, -0.2) is 5.43 Å². The first-order valence-corrected chi connectivity index (χ1v) is 2.41. The third kappa shape index (κ3) is 5.01. The minimum Gasteiger partial charge on any atom is -0.369 e. The van der Waals surface area contributed by atoms with Gasteiger partial charge in [-0.05, 0) is 6.92 Å². The molecule has 0 atom stereocenters. The lowest BCUT2D eigenvalue weighted by Gasteiger charge is -2.06. The Balaban J connectivity index is 3.49. The van der Waals surface area contributed by atoms with Crippen LogP contribution in [0.4, 0.5) is 0 Å². The van der Waals surface area contributed by atoms with Gasteiger partial charge in [-0.2, -0.15) is 0 Å². The molecule has 6 heteroatoms. The van der Waals surface area contributed by atoms with Crippen molar-refractivity contribution in [1.29, 1.82) is 0 Å². The minimum atomic E-state index is -0.255. The van der Waals surface area contributed by atoms with Crippen LogP contribution in [0.3, 0.4) is 0 Å². The zero-order chi connectivity index (χ0) is 7.28. The summed E-state index contributed by atoms with van der Waals surface area (Å²) in [5.41, 5.74) is 6.98. The summed E-state index contributed by atoms with van der Waals surface area (Å²) in [6.07, 6.45) is 0. The number of hydrazine groups is 1. The molecular formula is C3H10N4O2. The zero-order valence-corrected chi connectivity index (χ0v) is 5.07. The van der Waals surface area contributed by atoms with Gasteiger partial charge in [-0.15, -0.1) is 0 Å². The van der Waals surface area contributed by atoms with Crippen molar-refractivity contribution in [2.24, 2.45) is 10.7 Å². The predicted molar refractivity (Wildman–Crippen MR) is 30.7 cm³/mol. The largest absolute Gasteiger partial charge is 0.369 e. The second-order valence-corrected chi connectivity index (χ2v) is 1.26. The SMILES string of the molecule is CCN=C(N)NN(O)O. The van der Waals surface area contributed by atoms with Gasteiger partial charge in [0.15, 0.2) is 0 Å². The molecule has 0 saturated carbocycles. The minimum absolute atomic E-state index is 0.0394. The summed E-state index contributed by atoms with van der Waals surface area (Å²) >= 11 is 0. The Morgan fingerprint density at radius 3 is 2.67 bits per heavy atom. The summed E-state index contributed by atoms with van der Waals surface area (Å²) in [7, 11) is 0. The van der Waals surface area contributed by atoms with E-state index in [1.807, 2.05) is 5.43 Å². The van der Waals surface area contributed by atoms with E-state index in [-0.39, 0.29) is 11.3 Å². The topological polar surface area (TPSA) is 94.1 Å². The maximum absolute atomic E-state index is 8.07. The molecule has 0 aliphatic rings. The first-order valence-electron chi connectivity index (χ1n) is 2.41. The van der Waals surface area contributed by atoms with Gasteiger partial charge in [0, 0.05) is 11.9 Å². The van der Waals surface area contributed by atoms with Crippen molar-refractivity contribution in [2.45, 2.75) is 6.92 Å². The molecule has 0 unspecified atom stereocenters. The Labute approximate surface area is 52.5 Å². The smallest absolute Gasteiger partial charge is 0.207 e. The highest BCUT2D eigenvalue weighted by atomic mass is 16.8. The Morgan fingerprint density at radius 1 is 1.78 bits per heavy atom. The van der Waals surface area contributed by atoms with E-state index >= 15 is 0 Å². The van der Waals surface area contributed by atoms with Gasteiger partial charge in [0.05, 0.1) is 0 Å². The molecule has 0 aromatic rings. The summed E-state index contributed by atoms with van der Waals surface area (Å²) in [4.78, 5) is 3.59. The average molecular weight is 134 g/mol. The molecule has 0 aliphatic heterocycles. The highest BCUT2D eigenvalue weighted by Crippen LogP contribution is 1.66. The van der Waals surface area contributed by atoms with Crippen LogP contribution >= 0.6 is 0 Å². The molecule has 5 N–H and O–H groups in total. The lowest BCUT2D eigenvalue weighted by atomic mass is 10.8. The van der Waals surface area contributed by atoms with Crippen LogP contribution < -0.4 is 11.2 Å². The summed E-state index contributed by atoms with van der Waals surface area (Å²) < 4.78 is 0. The number of guanidine groups is 1. The quantitative estimate of drug-likeness (QED) is 0.218. The maximum Gasteiger partial charge on any atom is 0.207 e. The van der Waals surface area contributed by atoms with Gasteiger partial charge in [0.25, 0.3) is 0 Å². The average Bonchev–Trinajstić information content (AvgIpc) is 1.63. The fraction of sp³-hybridized carbons (Fsp3) is 0.667. The zero-order valence-electron chi connectivity index (χ0n) is 5.07. The van der Waals surface area contributed by atoms with Crippen molar-refractivity contribution in [1.82, 2.24) is 10.8 Å². The number of nitrogens with zero attached hydrogens (tertiary/aromatic N) is 2. The molecular weight excluding hydrogens is 124 g/mol. The molecule has 0 aliphatic carbocycles. The molecule has 0 bridgehead atoms. The van der Waals surface area contributed by atoms with E-state index in [4.69, 9.17) is 16.1 Å².